The van der Waals surface area contributed by atoms with Crippen LogP contribution in [0.2, 0.25) is 0 Å². The van der Waals surface area contributed by atoms with E-state index in [9.17, 15) is 22.4 Å². The molecule has 0 unspecified atom stereocenters. The van der Waals surface area contributed by atoms with Crippen LogP contribution in [-0.4, -0.2) is 47.9 Å². The van der Waals surface area contributed by atoms with Crippen LogP contribution in [0.3, 0.4) is 0 Å². The van der Waals surface area contributed by atoms with E-state index in [0.29, 0.717) is 35.8 Å². The molecule has 2 aromatic rings. The Morgan fingerprint density at radius 2 is 2.00 bits per heavy atom. The molecular formula is C24H27F4N3O3. The summed E-state index contributed by atoms with van der Waals surface area (Å²) in [5.74, 6) is -1.50. The number of carbonyl (C=O) groups is 1. The molecule has 1 heterocycles. The molecule has 0 aliphatic carbocycles. The minimum Gasteiger partial charge on any atom is -0.473 e. The van der Waals surface area contributed by atoms with Crippen LogP contribution in [0.5, 0.6) is 5.88 Å². The predicted molar refractivity (Wildman–Crippen MR) is 121 cm³/mol. The summed E-state index contributed by atoms with van der Waals surface area (Å²) in [7, 11) is 1.57. The molecule has 0 spiro atoms. The maximum atomic E-state index is 14.1. The van der Waals surface area contributed by atoms with Crippen LogP contribution in [0.4, 0.5) is 17.6 Å². The van der Waals surface area contributed by atoms with Gasteiger partial charge in [-0.1, -0.05) is 18.7 Å². The maximum absolute atomic E-state index is 14.1. The zero-order valence-corrected chi connectivity index (χ0v) is 19.7. The largest absolute Gasteiger partial charge is 0.473 e. The van der Waals surface area contributed by atoms with Crippen LogP contribution in [-0.2, 0) is 10.9 Å². The zero-order chi connectivity index (χ0) is 25.6. The molecule has 0 N–H and O–H groups in total. The average molecular weight is 481 g/mol. The van der Waals surface area contributed by atoms with E-state index in [-0.39, 0.29) is 18.3 Å². The van der Waals surface area contributed by atoms with E-state index >= 15 is 0 Å². The summed E-state index contributed by atoms with van der Waals surface area (Å²) < 4.78 is 63.1. The Kier molecular flexibility index (Phi) is 8.78. The van der Waals surface area contributed by atoms with E-state index in [1.807, 2.05) is 13.0 Å². The molecule has 0 saturated heterocycles. The molecule has 0 saturated carbocycles. The number of hydrogen-bond acceptors (Lipinski definition) is 5. The van der Waals surface area contributed by atoms with Crippen molar-refractivity contribution in [1.82, 2.24) is 9.88 Å². The standard InChI is InChI=1S/C24H27F4N3O3/c1-7-31(15(3)13-33-22-20(25)11-18(12-30-22)24(26,27)28)23(32)19-10-8-9-14(2)21(19)16(4)34-17(5)29-6/h8-12,15H,4,7,13H2,1-3,5-6H3/b29-17-/t15-/m0/s1. The van der Waals surface area contributed by atoms with E-state index in [4.69, 9.17) is 9.47 Å². The Balaban J connectivity index is 2.23. The number of pyridine rings is 1. The van der Waals surface area contributed by atoms with E-state index < -0.39 is 29.5 Å². The molecule has 0 radical (unpaired) electrons. The van der Waals surface area contributed by atoms with Gasteiger partial charge in [-0.2, -0.15) is 13.2 Å². The van der Waals surface area contributed by atoms with Crippen LogP contribution in [0.15, 0.2) is 42.0 Å². The highest BCUT2D eigenvalue weighted by Crippen LogP contribution is 2.31. The molecule has 1 aromatic carbocycles. The van der Waals surface area contributed by atoms with Crippen LogP contribution in [0, 0.1) is 12.7 Å². The van der Waals surface area contributed by atoms with Gasteiger partial charge in [0.25, 0.3) is 5.91 Å². The number of rotatable bonds is 8. The molecule has 184 valence electrons. The Hall–Kier alpha value is -3.43. The number of halogens is 4. The number of hydrogen-bond donors (Lipinski definition) is 0. The third kappa shape index (κ3) is 6.33. The predicted octanol–water partition coefficient (Wildman–Crippen LogP) is 5.51. The number of amides is 1. The van der Waals surface area contributed by atoms with Crippen LogP contribution >= 0.6 is 0 Å². The highest BCUT2D eigenvalue weighted by atomic mass is 19.4. The lowest BCUT2D eigenvalue weighted by molar-refractivity contribution is -0.138. The fourth-order valence-electron chi connectivity index (χ4n) is 3.28. The van der Waals surface area contributed by atoms with Gasteiger partial charge in [0, 0.05) is 32.3 Å². The van der Waals surface area contributed by atoms with Gasteiger partial charge < -0.3 is 14.4 Å². The topological polar surface area (TPSA) is 64.0 Å². The van der Waals surface area contributed by atoms with Gasteiger partial charge in [0.1, 0.15) is 12.4 Å². The summed E-state index contributed by atoms with van der Waals surface area (Å²) in [5, 5.41) is 0. The van der Waals surface area contributed by atoms with Crippen molar-refractivity contribution in [3.63, 3.8) is 0 Å². The molecule has 0 bridgehead atoms. The van der Waals surface area contributed by atoms with Gasteiger partial charge in [0.15, 0.2) is 11.7 Å². The van der Waals surface area contributed by atoms with Crippen molar-refractivity contribution >= 4 is 17.6 Å². The number of benzene rings is 1. The number of likely N-dealkylation sites (N-methyl/N-ethyl adjacent to an activating group) is 1. The van der Waals surface area contributed by atoms with E-state index in [2.05, 4.69) is 16.6 Å². The van der Waals surface area contributed by atoms with Crippen molar-refractivity contribution < 1.29 is 31.8 Å². The second kappa shape index (κ2) is 11.1. The first kappa shape index (κ1) is 26.8. The smallest absolute Gasteiger partial charge is 0.417 e. The number of alkyl halides is 3. The maximum Gasteiger partial charge on any atom is 0.417 e. The van der Waals surface area contributed by atoms with Gasteiger partial charge in [-0.15, -0.1) is 0 Å². The van der Waals surface area contributed by atoms with Crippen molar-refractivity contribution in [1.29, 1.82) is 0 Å². The number of aryl methyl sites for hydroxylation is 1. The summed E-state index contributed by atoms with van der Waals surface area (Å²) in [6.07, 6.45) is -4.22. The van der Waals surface area contributed by atoms with E-state index in [0.717, 1.165) is 5.56 Å². The van der Waals surface area contributed by atoms with Gasteiger partial charge in [-0.25, -0.2) is 9.37 Å². The molecule has 0 aliphatic heterocycles. The van der Waals surface area contributed by atoms with Gasteiger partial charge in [0.05, 0.1) is 17.2 Å². The van der Waals surface area contributed by atoms with E-state index in [1.165, 1.54) is 4.90 Å². The molecule has 1 amide bonds. The van der Waals surface area contributed by atoms with E-state index in [1.54, 1.807) is 40.0 Å². The summed E-state index contributed by atoms with van der Waals surface area (Å²) in [5.41, 5.74) is 0.434. The Bertz CT molecular complexity index is 1080. The summed E-state index contributed by atoms with van der Waals surface area (Å²) >= 11 is 0. The third-order valence-electron chi connectivity index (χ3n) is 5.10. The highest BCUT2D eigenvalue weighted by Gasteiger charge is 2.32. The SMILES string of the molecule is C=C(O/C(C)=N\C)c1c(C)cccc1C(=O)N(CC)[C@@H](C)COc1ncc(C(F)(F)F)cc1F. The molecule has 6 nitrogen and oxygen atoms in total. The van der Waals surface area contributed by atoms with Crippen molar-refractivity contribution in [3.05, 3.63) is 65.1 Å². The van der Waals surface area contributed by atoms with Crippen molar-refractivity contribution in [2.24, 2.45) is 4.99 Å². The molecule has 0 fully saturated rings. The number of ether oxygens (including phenoxy) is 2. The number of aliphatic imine (C=N–C) groups is 1. The minimum absolute atomic E-state index is 0.185. The highest BCUT2D eigenvalue weighted by molar-refractivity contribution is 6.00. The van der Waals surface area contributed by atoms with Gasteiger partial charge >= 0.3 is 6.18 Å². The third-order valence-corrected chi connectivity index (χ3v) is 5.10. The van der Waals surface area contributed by atoms with Gasteiger partial charge in [-0.05, 0) is 38.5 Å². The Labute approximate surface area is 195 Å². The quantitative estimate of drug-likeness (QED) is 0.216. The number of nitrogens with zero attached hydrogens (tertiary/aromatic N) is 3. The average Bonchev–Trinajstić information content (AvgIpc) is 2.77. The zero-order valence-electron chi connectivity index (χ0n) is 19.7. The summed E-state index contributed by atoms with van der Waals surface area (Å²) in [6, 6.07) is 4.97. The van der Waals surface area contributed by atoms with Crippen LogP contribution in [0.1, 0.15) is 47.8 Å². The molecule has 0 aliphatic rings. The fraction of sp³-hybridized carbons (Fsp3) is 0.375. The van der Waals surface area contributed by atoms with Crippen LogP contribution < -0.4 is 4.74 Å². The first-order valence-corrected chi connectivity index (χ1v) is 10.5. The fourth-order valence-corrected chi connectivity index (χ4v) is 3.28. The minimum atomic E-state index is -4.72. The van der Waals surface area contributed by atoms with Gasteiger partial charge in [-0.3, -0.25) is 9.79 Å². The molecule has 2 rings (SSSR count). The molecule has 1 aromatic heterocycles. The Morgan fingerprint density at radius 1 is 1.32 bits per heavy atom. The first-order chi connectivity index (χ1) is 15.9. The summed E-state index contributed by atoms with van der Waals surface area (Å²) in [6.45, 7) is 11.0. The van der Waals surface area contributed by atoms with Crippen molar-refractivity contribution in [2.75, 3.05) is 20.2 Å². The second-order valence-electron chi connectivity index (χ2n) is 7.53. The molecule has 10 heteroatoms. The number of aromatic nitrogens is 1. The normalized spacial score (nSPS) is 12.8. The molecule has 34 heavy (non-hydrogen) atoms. The monoisotopic (exact) mass is 481 g/mol. The van der Waals surface area contributed by atoms with Crippen molar-refractivity contribution in [3.8, 4) is 5.88 Å². The summed E-state index contributed by atoms with van der Waals surface area (Å²) in [4.78, 5) is 22.3. The number of carbonyl (C=O) groups excluding carboxylic acids is 1. The molecular weight excluding hydrogens is 454 g/mol. The first-order valence-electron chi connectivity index (χ1n) is 10.5. The second-order valence-corrected chi connectivity index (χ2v) is 7.53. The lowest BCUT2D eigenvalue weighted by Gasteiger charge is -2.29. The van der Waals surface area contributed by atoms with Crippen LogP contribution in [0.25, 0.3) is 5.76 Å². The Morgan fingerprint density at radius 3 is 2.56 bits per heavy atom. The lowest BCUT2D eigenvalue weighted by atomic mass is 9.99. The van der Waals surface area contributed by atoms with Gasteiger partial charge in [0.2, 0.25) is 5.88 Å². The van der Waals surface area contributed by atoms with Crippen molar-refractivity contribution in [2.45, 2.75) is 39.9 Å². The lowest BCUT2D eigenvalue weighted by Crippen LogP contribution is -2.42. The molecule has 1 atom stereocenters.